The molecule has 0 unspecified atom stereocenters. The van der Waals surface area contributed by atoms with Crippen molar-refractivity contribution in [1.29, 1.82) is 0 Å². The van der Waals surface area contributed by atoms with Gasteiger partial charge in [0.25, 0.3) is 5.91 Å². The summed E-state index contributed by atoms with van der Waals surface area (Å²) >= 11 is 3.48. The molecule has 1 amide bonds. The van der Waals surface area contributed by atoms with Gasteiger partial charge in [0.05, 0.1) is 6.54 Å². The zero-order valence-corrected chi connectivity index (χ0v) is 19.6. The third-order valence-electron chi connectivity index (χ3n) is 5.84. The molecule has 5 rings (SSSR count). The molecule has 168 valence electrons. The first-order valence-corrected chi connectivity index (χ1v) is 11.7. The predicted molar refractivity (Wildman–Crippen MR) is 130 cm³/mol. The van der Waals surface area contributed by atoms with Crippen molar-refractivity contribution < 1.29 is 13.9 Å². The van der Waals surface area contributed by atoms with E-state index in [2.05, 4.69) is 15.9 Å². The van der Waals surface area contributed by atoms with E-state index in [4.69, 9.17) is 9.15 Å². The number of benzene rings is 2. The molecule has 1 fully saturated rings. The lowest BCUT2D eigenvalue weighted by Crippen LogP contribution is -2.27. The highest BCUT2D eigenvalue weighted by Gasteiger charge is 2.19. The first-order chi connectivity index (χ1) is 16.0. The fourth-order valence-electron chi connectivity index (χ4n) is 4.07. The molecule has 6 nitrogen and oxygen atoms in total. The van der Waals surface area contributed by atoms with Crippen LogP contribution in [-0.4, -0.2) is 28.5 Å². The fraction of sp³-hybridized carbons (Fsp3) is 0.231. The van der Waals surface area contributed by atoms with Gasteiger partial charge in [0.2, 0.25) is 11.2 Å². The van der Waals surface area contributed by atoms with Gasteiger partial charge in [-0.25, -0.2) is 0 Å². The predicted octanol–water partition coefficient (Wildman–Crippen LogP) is 5.22. The number of ether oxygens (including phenoxy) is 1. The Labute approximate surface area is 199 Å². The molecular weight excluding hydrogens is 484 g/mol. The highest BCUT2D eigenvalue weighted by molar-refractivity contribution is 9.10. The Balaban J connectivity index is 1.21. The van der Waals surface area contributed by atoms with Gasteiger partial charge >= 0.3 is 0 Å². The lowest BCUT2D eigenvalue weighted by molar-refractivity contribution is 0.0793. The molecule has 4 aromatic rings. The Hall–Kier alpha value is -3.32. The minimum Gasteiger partial charge on any atom is -0.482 e. The first-order valence-electron chi connectivity index (χ1n) is 10.9. The number of halogens is 1. The zero-order valence-electron chi connectivity index (χ0n) is 18.0. The van der Waals surface area contributed by atoms with E-state index < -0.39 is 0 Å². The van der Waals surface area contributed by atoms with E-state index in [1.54, 1.807) is 0 Å². The molecule has 3 heterocycles. The minimum absolute atomic E-state index is 0.0689. The third kappa shape index (κ3) is 4.88. The first kappa shape index (κ1) is 21.5. The van der Waals surface area contributed by atoms with Gasteiger partial charge in [-0.15, -0.1) is 0 Å². The SMILES string of the molecule is O=C(c1ccc(COc2coc(Cn3cc4ccc(Br)cc4c3)cc2=O)cc1)N1CCCC1. The van der Waals surface area contributed by atoms with E-state index in [9.17, 15) is 9.59 Å². The number of amides is 1. The summed E-state index contributed by atoms with van der Waals surface area (Å²) < 4.78 is 14.3. The topological polar surface area (TPSA) is 64.7 Å². The van der Waals surface area contributed by atoms with Crippen LogP contribution in [-0.2, 0) is 13.2 Å². The Kier molecular flexibility index (Phi) is 6.05. The largest absolute Gasteiger partial charge is 0.482 e. The normalized spacial score (nSPS) is 13.5. The Morgan fingerprint density at radius 2 is 1.76 bits per heavy atom. The Bertz CT molecular complexity index is 1350. The Morgan fingerprint density at radius 1 is 1.00 bits per heavy atom. The van der Waals surface area contributed by atoms with E-state index in [0.717, 1.165) is 46.7 Å². The second-order valence-electron chi connectivity index (χ2n) is 8.26. The van der Waals surface area contributed by atoms with Crippen LogP contribution in [0.2, 0.25) is 0 Å². The van der Waals surface area contributed by atoms with Crippen molar-refractivity contribution in [2.24, 2.45) is 0 Å². The highest BCUT2D eigenvalue weighted by atomic mass is 79.9. The zero-order chi connectivity index (χ0) is 22.8. The smallest absolute Gasteiger partial charge is 0.253 e. The molecule has 0 bridgehead atoms. The monoisotopic (exact) mass is 506 g/mol. The molecule has 1 aliphatic rings. The standard InChI is InChI=1S/C26H23BrN2O4/c27-22-8-7-20-13-28(14-21(20)11-22)15-23-12-24(30)25(17-32-23)33-16-18-3-5-19(6-4-18)26(31)29-9-1-2-10-29/h3-8,11-14,17H,1-2,9-10,15-16H2. The summed E-state index contributed by atoms with van der Waals surface area (Å²) in [5.74, 6) is 0.786. The highest BCUT2D eigenvalue weighted by Crippen LogP contribution is 2.21. The van der Waals surface area contributed by atoms with Crippen molar-refractivity contribution in [2.45, 2.75) is 26.0 Å². The fourth-order valence-corrected chi connectivity index (χ4v) is 4.45. The lowest BCUT2D eigenvalue weighted by atomic mass is 10.1. The summed E-state index contributed by atoms with van der Waals surface area (Å²) in [4.78, 5) is 26.8. The summed E-state index contributed by atoms with van der Waals surface area (Å²) in [7, 11) is 0. The van der Waals surface area contributed by atoms with Crippen molar-refractivity contribution >= 4 is 32.6 Å². The van der Waals surface area contributed by atoms with Crippen LogP contribution in [0.5, 0.6) is 5.75 Å². The third-order valence-corrected chi connectivity index (χ3v) is 6.33. The quantitative estimate of drug-likeness (QED) is 0.359. The average Bonchev–Trinajstić information content (AvgIpc) is 3.48. The molecule has 0 saturated carbocycles. The minimum atomic E-state index is -0.225. The van der Waals surface area contributed by atoms with Crippen molar-refractivity contribution in [3.63, 3.8) is 0 Å². The van der Waals surface area contributed by atoms with E-state index in [-0.39, 0.29) is 23.7 Å². The summed E-state index contributed by atoms with van der Waals surface area (Å²) in [6.45, 7) is 2.33. The molecule has 33 heavy (non-hydrogen) atoms. The molecule has 2 aromatic carbocycles. The molecular formula is C26H23BrN2O4. The molecule has 0 N–H and O–H groups in total. The van der Waals surface area contributed by atoms with Crippen LogP contribution in [0.3, 0.4) is 0 Å². The van der Waals surface area contributed by atoms with Gasteiger partial charge < -0.3 is 18.6 Å². The van der Waals surface area contributed by atoms with Gasteiger partial charge in [-0.05, 0) is 48.1 Å². The van der Waals surface area contributed by atoms with Gasteiger partial charge in [0, 0.05) is 47.0 Å². The van der Waals surface area contributed by atoms with E-state index >= 15 is 0 Å². The van der Waals surface area contributed by atoms with Gasteiger partial charge in [0.15, 0.2) is 0 Å². The van der Waals surface area contributed by atoms with E-state index in [1.165, 1.54) is 12.3 Å². The maximum absolute atomic E-state index is 12.5. The van der Waals surface area contributed by atoms with Gasteiger partial charge in [-0.1, -0.05) is 34.1 Å². The number of aromatic nitrogens is 1. The second-order valence-corrected chi connectivity index (χ2v) is 9.18. The number of likely N-dealkylation sites (tertiary alicyclic amines) is 1. The molecule has 0 radical (unpaired) electrons. The van der Waals surface area contributed by atoms with Gasteiger partial charge in [0.1, 0.15) is 18.6 Å². The van der Waals surface area contributed by atoms with Crippen molar-refractivity contribution in [3.8, 4) is 5.75 Å². The van der Waals surface area contributed by atoms with Crippen LogP contribution in [0.25, 0.3) is 10.8 Å². The Morgan fingerprint density at radius 3 is 2.52 bits per heavy atom. The molecule has 0 atom stereocenters. The van der Waals surface area contributed by atoms with Crippen LogP contribution >= 0.6 is 15.9 Å². The van der Waals surface area contributed by atoms with E-state index in [0.29, 0.717) is 17.9 Å². The number of carbonyl (C=O) groups is 1. The molecule has 1 aliphatic heterocycles. The van der Waals surface area contributed by atoms with E-state index in [1.807, 2.05) is 64.3 Å². The summed E-state index contributed by atoms with van der Waals surface area (Å²) in [5, 5.41) is 2.23. The summed E-state index contributed by atoms with van der Waals surface area (Å²) in [5.41, 5.74) is 1.33. The number of carbonyl (C=O) groups excluding carboxylic acids is 1. The number of hydrogen-bond donors (Lipinski definition) is 0. The van der Waals surface area contributed by atoms with Crippen LogP contribution in [0.1, 0.15) is 34.5 Å². The van der Waals surface area contributed by atoms with Crippen molar-refractivity contribution in [3.05, 3.63) is 98.8 Å². The molecule has 0 aliphatic carbocycles. The lowest BCUT2D eigenvalue weighted by Gasteiger charge is -2.15. The average molecular weight is 507 g/mol. The van der Waals surface area contributed by atoms with Gasteiger partial charge in [-0.2, -0.15) is 0 Å². The maximum Gasteiger partial charge on any atom is 0.253 e. The summed E-state index contributed by atoms with van der Waals surface area (Å²) in [6, 6.07) is 14.9. The molecule has 7 heteroatoms. The van der Waals surface area contributed by atoms with Crippen molar-refractivity contribution in [2.75, 3.05) is 13.1 Å². The second kappa shape index (κ2) is 9.27. The molecule has 0 spiro atoms. The van der Waals surface area contributed by atoms with Crippen LogP contribution < -0.4 is 10.2 Å². The molecule has 2 aromatic heterocycles. The van der Waals surface area contributed by atoms with Gasteiger partial charge in [-0.3, -0.25) is 9.59 Å². The number of fused-ring (bicyclic) bond motifs is 1. The van der Waals surface area contributed by atoms with Crippen LogP contribution in [0, 0.1) is 0 Å². The van der Waals surface area contributed by atoms with Crippen molar-refractivity contribution in [1.82, 2.24) is 9.47 Å². The molecule has 1 saturated heterocycles. The number of nitrogens with zero attached hydrogens (tertiary/aromatic N) is 2. The number of rotatable bonds is 6. The number of hydrogen-bond acceptors (Lipinski definition) is 4. The maximum atomic E-state index is 12.5. The summed E-state index contributed by atoms with van der Waals surface area (Å²) in [6.07, 6.45) is 7.54. The van der Waals surface area contributed by atoms with Crippen LogP contribution in [0.4, 0.5) is 0 Å². The van der Waals surface area contributed by atoms with Crippen LogP contribution in [0.15, 0.2) is 80.9 Å².